The minimum Gasteiger partial charge on any atom is -0.489 e. The number of aliphatic hydroxyl groups is 2. The molecule has 0 bridgehead atoms. The quantitative estimate of drug-likeness (QED) is 0.854. The Balaban J connectivity index is 2.70. The highest BCUT2D eigenvalue weighted by Gasteiger charge is 2.26. The lowest BCUT2D eigenvalue weighted by molar-refractivity contribution is -0.0266. The summed E-state index contributed by atoms with van der Waals surface area (Å²) in [6, 6.07) is 5.09. The molecule has 0 heterocycles. The van der Waals surface area contributed by atoms with Gasteiger partial charge in [-0.3, -0.25) is 0 Å². The second-order valence-corrected chi connectivity index (χ2v) is 5.13. The third-order valence-corrected chi connectivity index (χ3v) is 3.24. The van der Waals surface area contributed by atoms with Gasteiger partial charge in [0, 0.05) is 0 Å². The fourth-order valence-corrected chi connectivity index (χ4v) is 1.41. The van der Waals surface area contributed by atoms with E-state index in [1.54, 1.807) is 25.1 Å². The first-order valence-corrected chi connectivity index (χ1v) is 5.99. The Labute approximate surface area is 107 Å². The fourth-order valence-electron chi connectivity index (χ4n) is 1.15. The summed E-state index contributed by atoms with van der Waals surface area (Å²) in [5.74, 6) is 0.614. The third kappa shape index (κ3) is 3.87. The zero-order valence-corrected chi connectivity index (χ0v) is 11.2. The Hall–Kier alpha value is -0.770. The van der Waals surface area contributed by atoms with Crippen LogP contribution in [0.3, 0.4) is 0 Å². The highest BCUT2D eigenvalue weighted by atomic mass is 35.5. The Bertz CT molecular complexity index is 375. The van der Waals surface area contributed by atoms with Crippen LogP contribution in [-0.2, 0) is 6.61 Å². The van der Waals surface area contributed by atoms with Gasteiger partial charge in [0.25, 0.3) is 0 Å². The molecule has 2 N–H and O–H groups in total. The van der Waals surface area contributed by atoms with Crippen LogP contribution < -0.4 is 4.74 Å². The largest absolute Gasteiger partial charge is 0.489 e. The lowest BCUT2D eigenvalue weighted by atomic mass is 9.94. The van der Waals surface area contributed by atoms with Gasteiger partial charge < -0.3 is 14.9 Å². The van der Waals surface area contributed by atoms with E-state index in [9.17, 15) is 5.11 Å². The Morgan fingerprint density at radius 3 is 2.53 bits per heavy atom. The summed E-state index contributed by atoms with van der Waals surface area (Å²) in [5.41, 5.74) is -0.156. The number of ether oxygens (including phenoxy) is 1. The molecule has 0 aliphatic carbocycles. The van der Waals surface area contributed by atoms with Crippen molar-refractivity contribution >= 4 is 11.6 Å². The van der Waals surface area contributed by atoms with E-state index >= 15 is 0 Å². The molecule has 0 aliphatic heterocycles. The number of rotatable bonds is 5. The molecular formula is C13H19ClO3. The molecule has 0 aliphatic rings. The number of hydrogen-bond acceptors (Lipinski definition) is 3. The molecule has 3 nitrogen and oxygen atoms in total. The van der Waals surface area contributed by atoms with E-state index in [1.165, 1.54) is 0 Å². The number of halogens is 1. The van der Waals surface area contributed by atoms with Crippen molar-refractivity contribution in [1.82, 2.24) is 0 Å². The fraction of sp³-hybridized carbons (Fsp3) is 0.538. The lowest BCUT2D eigenvalue weighted by Gasteiger charge is -2.27. The van der Waals surface area contributed by atoms with Crippen molar-refractivity contribution in [2.75, 3.05) is 6.61 Å². The van der Waals surface area contributed by atoms with E-state index in [0.717, 1.165) is 5.56 Å². The number of hydrogen-bond donors (Lipinski definition) is 2. The maximum atomic E-state index is 10.0. The van der Waals surface area contributed by atoms with Gasteiger partial charge in [-0.05, 0) is 30.5 Å². The maximum Gasteiger partial charge on any atom is 0.138 e. The third-order valence-electron chi connectivity index (χ3n) is 2.94. The molecule has 1 unspecified atom stereocenters. The van der Waals surface area contributed by atoms with Crippen molar-refractivity contribution in [3.8, 4) is 5.75 Å². The van der Waals surface area contributed by atoms with Crippen molar-refractivity contribution in [3.05, 3.63) is 28.8 Å². The SMILES string of the molecule is CC(C)C(C)(O)COc1ccc(CO)cc1Cl. The predicted octanol–water partition coefficient (Wildman–Crippen LogP) is 2.62. The standard InChI is InChI=1S/C13H19ClO3/c1-9(2)13(3,16)8-17-12-5-4-10(7-15)6-11(12)14/h4-6,9,15-16H,7-8H2,1-3H3. The number of benzene rings is 1. The Kier molecular flexibility index (Phi) is 4.80. The Morgan fingerprint density at radius 2 is 2.06 bits per heavy atom. The molecule has 1 rings (SSSR count). The normalized spacial score (nSPS) is 14.8. The van der Waals surface area contributed by atoms with E-state index in [2.05, 4.69) is 0 Å². The Morgan fingerprint density at radius 1 is 1.41 bits per heavy atom. The van der Waals surface area contributed by atoms with Crippen molar-refractivity contribution < 1.29 is 14.9 Å². The van der Waals surface area contributed by atoms with Crippen LogP contribution in [-0.4, -0.2) is 22.4 Å². The maximum absolute atomic E-state index is 10.0. The summed E-state index contributed by atoms with van der Waals surface area (Å²) in [5, 5.41) is 19.4. The second-order valence-electron chi connectivity index (χ2n) is 4.72. The molecule has 1 atom stereocenters. The van der Waals surface area contributed by atoms with E-state index < -0.39 is 5.60 Å². The van der Waals surface area contributed by atoms with E-state index in [1.807, 2.05) is 13.8 Å². The molecule has 0 saturated heterocycles. The van der Waals surface area contributed by atoms with Crippen LogP contribution in [0.4, 0.5) is 0 Å². The van der Waals surface area contributed by atoms with Crippen LogP contribution in [0.2, 0.25) is 5.02 Å². The lowest BCUT2D eigenvalue weighted by Crippen LogP contribution is -2.37. The molecule has 4 heteroatoms. The first-order chi connectivity index (χ1) is 7.86. The predicted molar refractivity (Wildman–Crippen MR) is 68.3 cm³/mol. The van der Waals surface area contributed by atoms with Gasteiger partial charge in [0.1, 0.15) is 12.4 Å². The molecular weight excluding hydrogens is 240 g/mol. The summed E-state index contributed by atoms with van der Waals surface area (Å²) in [7, 11) is 0. The number of aliphatic hydroxyl groups excluding tert-OH is 1. The van der Waals surface area contributed by atoms with Gasteiger partial charge in [0.15, 0.2) is 0 Å². The van der Waals surface area contributed by atoms with Gasteiger partial charge in [-0.1, -0.05) is 31.5 Å². The summed E-state index contributed by atoms with van der Waals surface area (Å²) in [4.78, 5) is 0. The van der Waals surface area contributed by atoms with Gasteiger partial charge in [-0.25, -0.2) is 0 Å². The average Bonchev–Trinajstić information content (AvgIpc) is 2.27. The zero-order valence-electron chi connectivity index (χ0n) is 10.4. The van der Waals surface area contributed by atoms with Crippen LogP contribution >= 0.6 is 11.6 Å². The van der Waals surface area contributed by atoms with Crippen LogP contribution in [0, 0.1) is 5.92 Å². The minimum absolute atomic E-state index is 0.0519. The van der Waals surface area contributed by atoms with Crippen molar-refractivity contribution in [3.63, 3.8) is 0 Å². The molecule has 0 spiro atoms. The van der Waals surface area contributed by atoms with Crippen molar-refractivity contribution in [2.24, 2.45) is 5.92 Å². The van der Waals surface area contributed by atoms with E-state index in [0.29, 0.717) is 10.8 Å². The molecule has 0 radical (unpaired) electrons. The van der Waals surface area contributed by atoms with Crippen molar-refractivity contribution in [2.45, 2.75) is 33.0 Å². The average molecular weight is 259 g/mol. The van der Waals surface area contributed by atoms with Gasteiger partial charge >= 0.3 is 0 Å². The van der Waals surface area contributed by atoms with Gasteiger partial charge in [-0.15, -0.1) is 0 Å². The summed E-state index contributed by atoms with van der Waals surface area (Å²) in [6.07, 6.45) is 0. The molecule has 0 aromatic heterocycles. The molecule has 1 aromatic rings. The molecule has 0 saturated carbocycles. The van der Waals surface area contributed by atoms with Crippen LogP contribution in [0.1, 0.15) is 26.3 Å². The highest BCUT2D eigenvalue weighted by molar-refractivity contribution is 6.32. The molecule has 96 valence electrons. The monoisotopic (exact) mass is 258 g/mol. The molecule has 0 fully saturated rings. The van der Waals surface area contributed by atoms with Crippen LogP contribution in [0.15, 0.2) is 18.2 Å². The highest BCUT2D eigenvalue weighted by Crippen LogP contribution is 2.27. The minimum atomic E-state index is -0.890. The van der Waals surface area contributed by atoms with E-state index in [4.69, 9.17) is 21.4 Å². The smallest absolute Gasteiger partial charge is 0.138 e. The first kappa shape index (κ1) is 14.3. The second kappa shape index (κ2) is 5.71. The van der Waals surface area contributed by atoms with Crippen molar-refractivity contribution in [1.29, 1.82) is 0 Å². The zero-order chi connectivity index (χ0) is 13.1. The molecule has 1 aromatic carbocycles. The van der Waals surface area contributed by atoms with Gasteiger partial charge in [0.2, 0.25) is 0 Å². The summed E-state index contributed by atoms with van der Waals surface area (Å²) >= 11 is 6.00. The van der Waals surface area contributed by atoms with Crippen LogP contribution in [0.25, 0.3) is 0 Å². The van der Waals surface area contributed by atoms with Gasteiger partial charge in [-0.2, -0.15) is 0 Å². The summed E-state index contributed by atoms with van der Waals surface area (Å²) < 4.78 is 5.50. The summed E-state index contributed by atoms with van der Waals surface area (Å²) in [6.45, 7) is 5.72. The van der Waals surface area contributed by atoms with Crippen LogP contribution in [0.5, 0.6) is 5.75 Å². The first-order valence-electron chi connectivity index (χ1n) is 5.61. The van der Waals surface area contributed by atoms with Gasteiger partial charge in [0.05, 0.1) is 17.2 Å². The topological polar surface area (TPSA) is 49.7 Å². The molecule has 17 heavy (non-hydrogen) atoms. The molecule has 0 amide bonds. The van der Waals surface area contributed by atoms with E-state index in [-0.39, 0.29) is 19.1 Å².